The number of halogens is 2. The number of Topliss-reactive ketones (excluding diaryl/α,β-unsaturated/α-hetero) is 1. The van der Waals surface area contributed by atoms with Gasteiger partial charge in [-0.15, -0.1) is 0 Å². The van der Waals surface area contributed by atoms with Gasteiger partial charge in [0.05, 0.1) is 50.8 Å². The zero-order chi connectivity index (χ0) is 40.8. The first-order chi connectivity index (χ1) is 26.6. The quantitative estimate of drug-likeness (QED) is 0.131. The molecule has 0 bridgehead atoms. The zero-order valence-corrected chi connectivity index (χ0v) is 34.9. The van der Waals surface area contributed by atoms with E-state index in [-0.39, 0.29) is 44.9 Å². The number of carbonyl (C=O) groups excluding carboxylic acids is 2. The Hall–Kier alpha value is -5.52. The van der Waals surface area contributed by atoms with Crippen molar-refractivity contribution in [3.05, 3.63) is 100 Å². The van der Waals surface area contributed by atoms with Crippen molar-refractivity contribution in [2.45, 2.75) is 30.1 Å². The van der Waals surface area contributed by atoms with Gasteiger partial charge in [0.15, 0.2) is 37.1 Å². The maximum absolute atomic E-state index is 13.1. The fourth-order valence-electron chi connectivity index (χ4n) is 5.03. The number of nitrogens with one attached hydrogen (secondary N) is 1. The van der Waals surface area contributed by atoms with Crippen molar-refractivity contribution in [3.63, 3.8) is 0 Å². The van der Waals surface area contributed by atoms with E-state index >= 15 is 0 Å². The summed E-state index contributed by atoms with van der Waals surface area (Å²) >= 11 is 6.49. The lowest BCUT2D eigenvalue weighted by molar-refractivity contribution is 0.0977. The number of pyridine rings is 4. The molecule has 0 radical (unpaired) electrons. The summed E-state index contributed by atoms with van der Waals surface area (Å²) in [5.41, 5.74) is 7.57. The number of anilines is 3. The van der Waals surface area contributed by atoms with Crippen LogP contribution >= 0.6 is 31.9 Å². The second-order valence-corrected chi connectivity index (χ2v) is 17.6. The van der Waals surface area contributed by atoms with Crippen LogP contribution < -0.4 is 16.0 Å². The number of carbonyl (C=O) groups is 2. The maximum Gasteiger partial charge on any atom is 0.278 e. The average molecular weight is 932 g/mol. The minimum absolute atomic E-state index is 0.0443. The average Bonchev–Trinajstić information content (AvgIpc) is 3.94. The number of hydrogen-bond acceptors (Lipinski definition) is 16. The number of nitrogen functional groups attached to an aromatic ring is 1. The monoisotopic (exact) mass is 929 g/mol. The summed E-state index contributed by atoms with van der Waals surface area (Å²) in [6.45, 7) is 3.02. The van der Waals surface area contributed by atoms with Crippen LogP contribution in [0, 0.1) is 0 Å². The van der Waals surface area contributed by atoms with Gasteiger partial charge in [-0.1, -0.05) is 13.8 Å². The number of rotatable bonds is 12. The van der Waals surface area contributed by atoms with Crippen LogP contribution in [0.5, 0.6) is 0 Å². The number of amides is 1. The molecule has 292 valence electrons. The molecule has 1 amide bonds. The van der Waals surface area contributed by atoms with E-state index in [4.69, 9.17) is 5.73 Å². The number of sulfone groups is 2. The second kappa shape index (κ2) is 17.5. The molecule has 23 heteroatoms. The highest BCUT2D eigenvalue weighted by Crippen LogP contribution is 2.27. The number of nitrogens with zero attached hydrogens (tertiary/aromatic N) is 11. The molecule has 0 aliphatic carbocycles. The van der Waals surface area contributed by atoms with Gasteiger partial charge in [-0.3, -0.25) is 9.59 Å². The topological polar surface area (TPSA) is 257 Å². The van der Waals surface area contributed by atoms with Gasteiger partial charge < -0.3 is 16.0 Å². The lowest BCUT2D eigenvalue weighted by Crippen LogP contribution is -2.30. The van der Waals surface area contributed by atoms with Crippen molar-refractivity contribution in [1.82, 2.24) is 49.5 Å². The summed E-state index contributed by atoms with van der Waals surface area (Å²) in [6, 6.07) is 8.94. The van der Waals surface area contributed by atoms with Gasteiger partial charge in [-0.2, -0.15) is 10.2 Å². The van der Waals surface area contributed by atoms with Crippen LogP contribution in [-0.4, -0.2) is 104 Å². The van der Waals surface area contributed by atoms with E-state index in [9.17, 15) is 26.4 Å². The Morgan fingerprint density at radius 3 is 1.82 bits per heavy atom. The van der Waals surface area contributed by atoms with Crippen molar-refractivity contribution in [2.75, 3.05) is 41.6 Å². The number of ketones is 1. The molecule has 0 aliphatic rings. The van der Waals surface area contributed by atoms with Gasteiger partial charge in [0.1, 0.15) is 45.9 Å². The third-order valence-corrected chi connectivity index (χ3v) is 12.4. The summed E-state index contributed by atoms with van der Waals surface area (Å²) in [7, 11) is -4.16. The van der Waals surface area contributed by atoms with E-state index < -0.39 is 31.4 Å². The predicted molar refractivity (Wildman–Crippen MR) is 212 cm³/mol. The van der Waals surface area contributed by atoms with Gasteiger partial charge in [-0.05, 0) is 73.8 Å². The Bertz CT molecular complexity index is 2610. The summed E-state index contributed by atoms with van der Waals surface area (Å²) in [4.78, 5) is 51.5. The molecule has 6 rings (SSSR count). The fraction of sp³-hybridized carbons (Fsp3) is 0.212. The number of aromatic nitrogens is 10. The van der Waals surface area contributed by atoms with Gasteiger partial charge >= 0.3 is 0 Å². The first-order valence-electron chi connectivity index (χ1n) is 16.3. The zero-order valence-electron chi connectivity index (χ0n) is 30.1. The Morgan fingerprint density at radius 2 is 1.32 bits per heavy atom. The molecular formula is C33H33Br2N13O6S2. The van der Waals surface area contributed by atoms with Crippen molar-refractivity contribution >= 4 is 80.3 Å². The van der Waals surface area contributed by atoms with Gasteiger partial charge in [0, 0.05) is 20.5 Å². The smallest absolute Gasteiger partial charge is 0.278 e. The number of nitrogens with two attached hydrogens (primary N) is 1. The first kappa shape index (κ1) is 41.6. The van der Waals surface area contributed by atoms with E-state index in [1.54, 1.807) is 25.4 Å². The largest absolute Gasteiger partial charge is 0.397 e. The summed E-state index contributed by atoms with van der Waals surface area (Å²) in [5, 5.41) is 10.9. The van der Waals surface area contributed by atoms with Crippen molar-refractivity contribution in [3.8, 4) is 11.6 Å². The molecule has 0 saturated carbocycles. The Kier molecular flexibility index (Phi) is 13.0. The van der Waals surface area contributed by atoms with Gasteiger partial charge in [-0.25, -0.2) is 56.1 Å². The lowest BCUT2D eigenvalue weighted by atomic mass is 10.1. The van der Waals surface area contributed by atoms with Crippen LogP contribution in [0.15, 0.2) is 93.1 Å². The third-order valence-electron chi connectivity index (χ3n) is 8.01. The van der Waals surface area contributed by atoms with E-state index in [2.05, 4.69) is 77.3 Å². The van der Waals surface area contributed by atoms with E-state index in [0.717, 1.165) is 0 Å². The molecule has 0 atom stereocenters. The summed E-state index contributed by atoms with van der Waals surface area (Å²) < 4.78 is 53.8. The Morgan fingerprint density at radius 1 is 0.804 bits per heavy atom. The molecule has 6 aromatic heterocycles. The predicted octanol–water partition coefficient (Wildman–Crippen LogP) is 3.55. The Labute approximate surface area is 337 Å². The normalized spacial score (nSPS) is 11.4. The van der Waals surface area contributed by atoms with Crippen molar-refractivity contribution < 1.29 is 26.4 Å². The summed E-state index contributed by atoms with van der Waals surface area (Å²) in [5.74, 6) is -0.830. The number of hydrogen-bond donors (Lipinski definition) is 2. The fourth-order valence-corrected chi connectivity index (χ4v) is 7.81. The van der Waals surface area contributed by atoms with Crippen LogP contribution in [-0.2, 0) is 26.1 Å². The van der Waals surface area contributed by atoms with Crippen LogP contribution in [0.4, 0.5) is 17.1 Å². The molecule has 0 fully saturated rings. The first-order valence-corrected chi connectivity index (χ1v) is 21.2. The molecule has 0 aromatic carbocycles. The minimum Gasteiger partial charge on any atom is -0.397 e. The van der Waals surface area contributed by atoms with Gasteiger partial charge in [0.2, 0.25) is 0 Å². The van der Waals surface area contributed by atoms with Crippen molar-refractivity contribution in [1.29, 1.82) is 0 Å². The molecule has 0 spiro atoms. The standard InChI is InChI=1S/C17H17BrN6O3S.C16H16BrN7O3S/c1-3-28(26,27)14-4-5-16(24-10-20-9-22-24)23-17(14)13(25)6-11-7-15(18)21-8-12(11)19-2;1-3-28(26,27)12-4-5-14(24-9-19-8-21-24)22-15(12)16(25)23(2)11-7-20-13(17)6-10(11)18/h4-5,7-10,19H,3,6H2,1-2H3;4-9H,3H2,1-2H3,(H2,18,20). The van der Waals surface area contributed by atoms with Crippen LogP contribution in [0.3, 0.4) is 0 Å². The Balaban J connectivity index is 0.000000214. The molecular weight excluding hydrogens is 898 g/mol. The van der Waals surface area contributed by atoms with Crippen LogP contribution in [0.25, 0.3) is 11.6 Å². The third kappa shape index (κ3) is 9.29. The van der Waals surface area contributed by atoms with Crippen LogP contribution in [0.2, 0.25) is 0 Å². The summed E-state index contributed by atoms with van der Waals surface area (Å²) in [6.07, 6.45) is 8.40. The van der Waals surface area contributed by atoms with Crippen LogP contribution in [0.1, 0.15) is 40.4 Å². The molecule has 0 aliphatic heterocycles. The van der Waals surface area contributed by atoms with E-state index in [1.165, 1.54) is 90.9 Å². The molecule has 19 nitrogen and oxygen atoms in total. The SMILES string of the molecule is CCS(=O)(=O)c1ccc(-n2cncn2)nc1C(=O)Cc1cc(Br)ncc1NC.CCS(=O)(=O)c1ccc(-n2cncn2)nc1C(=O)N(C)c1cnc(Br)cc1N. The van der Waals surface area contributed by atoms with E-state index in [0.29, 0.717) is 37.6 Å². The van der Waals surface area contributed by atoms with Gasteiger partial charge in [0.25, 0.3) is 5.91 Å². The highest BCUT2D eigenvalue weighted by atomic mass is 79.9. The highest BCUT2D eigenvalue weighted by Gasteiger charge is 2.28. The molecule has 6 heterocycles. The molecule has 6 aromatic rings. The lowest BCUT2D eigenvalue weighted by Gasteiger charge is -2.20. The molecule has 56 heavy (non-hydrogen) atoms. The highest BCUT2D eigenvalue weighted by molar-refractivity contribution is 9.10. The minimum atomic E-state index is -3.70. The van der Waals surface area contributed by atoms with E-state index in [1.807, 2.05) is 0 Å². The maximum atomic E-state index is 13.1. The van der Waals surface area contributed by atoms with Crippen molar-refractivity contribution in [2.24, 2.45) is 0 Å². The molecule has 3 N–H and O–H groups in total. The second-order valence-electron chi connectivity index (χ2n) is 11.5. The molecule has 0 saturated heterocycles. The molecule has 0 unspecified atom stereocenters.